The van der Waals surface area contributed by atoms with Gasteiger partial charge in [-0.15, -0.1) is 0 Å². The van der Waals surface area contributed by atoms with Crippen LogP contribution in [0.25, 0.3) is 0 Å². The molecule has 0 spiro atoms. The third-order valence-corrected chi connectivity index (χ3v) is 2.38. The Balaban J connectivity index is 2.79. The highest BCUT2D eigenvalue weighted by atomic mass is 16.7. The van der Waals surface area contributed by atoms with Gasteiger partial charge in [-0.25, -0.2) is 0 Å². The van der Waals surface area contributed by atoms with Gasteiger partial charge in [0.2, 0.25) is 0 Å². The summed E-state index contributed by atoms with van der Waals surface area (Å²) in [6, 6.07) is 0. The van der Waals surface area contributed by atoms with Crippen molar-refractivity contribution in [3.05, 3.63) is 0 Å². The molecule has 4 N–H and O–H groups in total. The number of hydrogen-bond donors (Lipinski definition) is 4. The second-order valence-corrected chi connectivity index (χ2v) is 3.02. The zero-order valence-corrected chi connectivity index (χ0v) is 6.84. The first kappa shape index (κ1) is 9.88. The van der Waals surface area contributed by atoms with Gasteiger partial charge in [0.15, 0.2) is 6.29 Å². The van der Waals surface area contributed by atoms with E-state index in [1.807, 2.05) is 0 Å². The molecule has 1 aliphatic rings. The molecule has 0 aromatic rings. The van der Waals surface area contributed by atoms with E-state index in [-0.39, 0.29) is 0 Å². The van der Waals surface area contributed by atoms with Gasteiger partial charge in [-0.1, -0.05) is 6.92 Å². The molecule has 5 heteroatoms. The van der Waals surface area contributed by atoms with E-state index in [1.165, 1.54) is 0 Å². The van der Waals surface area contributed by atoms with E-state index in [4.69, 9.17) is 20.1 Å². The Hall–Kier alpha value is -0.200. The molecule has 1 saturated heterocycles. The van der Waals surface area contributed by atoms with Crippen LogP contribution in [0, 0.1) is 0 Å². The maximum absolute atomic E-state index is 9.38. The maximum Gasteiger partial charge on any atom is 0.184 e. The summed E-state index contributed by atoms with van der Waals surface area (Å²) >= 11 is 0. The summed E-state index contributed by atoms with van der Waals surface area (Å²) in [6.45, 7) is 1.28. The van der Waals surface area contributed by atoms with Crippen LogP contribution >= 0.6 is 0 Å². The van der Waals surface area contributed by atoms with Gasteiger partial charge in [0, 0.05) is 0 Å². The normalized spacial score (nSPS) is 48.2. The second-order valence-electron chi connectivity index (χ2n) is 3.02. The van der Waals surface area contributed by atoms with Gasteiger partial charge in [-0.2, -0.15) is 0 Å². The molecule has 0 aromatic carbocycles. The lowest BCUT2D eigenvalue weighted by molar-refractivity contribution is -0.175. The highest BCUT2D eigenvalue weighted by Gasteiger charge is 2.52. The van der Waals surface area contributed by atoms with Crippen LogP contribution in [-0.2, 0) is 4.74 Å². The van der Waals surface area contributed by atoms with Gasteiger partial charge >= 0.3 is 0 Å². The molecule has 1 aliphatic heterocycles. The Kier molecular flexibility index (Phi) is 2.70. The molecule has 72 valence electrons. The van der Waals surface area contributed by atoms with Crippen molar-refractivity contribution >= 4 is 0 Å². The molecule has 0 amide bonds. The van der Waals surface area contributed by atoms with Crippen molar-refractivity contribution in [2.45, 2.75) is 37.4 Å². The van der Waals surface area contributed by atoms with Crippen molar-refractivity contribution in [1.82, 2.24) is 0 Å². The third-order valence-electron chi connectivity index (χ3n) is 2.38. The lowest BCUT2D eigenvalue weighted by atomic mass is 9.93. The van der Waals surface area contributed by atoms with Crippen molar-refractivity contribution < 1.29 is 25.2 Å². The summed E-state index contributed by atoms with van der Waals surface area (Å²) in [5.41, 5.74) is -1.21. The Morgan fingerprint density at radius 1 is 1.33 bits per heavy atom. The van der Waals surface area contributed by atoms with E-state index in [2.05, 4.69) is 0 Å². The van der Waals surface area contributed by atoms with Crippen LogP contribution in [-0.4, -0.2) is 51.1 Å². The molecule has 1 rings (SSSR count). The van der Waals surface area contributed by atoms with Crippen molar-refractivity contribution in [1.29, 1.82) is 0 Å². The Labute approximate surface area is 70.2 Å². The molecule has 5 nitrogen and oxygen atoms in total. The molecule has 0 aromatic heterocycles. The quantitative estimate of drug-likeness (QED) is 0.400. The van der Waals surface area contributed by atoms with Gasteiger partial charge in [0.1, 0.15) is 17.8 Å². The Bertz CT molecular complexity index is 156. The third kappa shape index (κ3) is 1.23. The Morgan fingerprint density at radius 3 is 2.08 bits per heavy atom. The summed E-state index contributed by atoms with van der Waals surface area (Å²) in [5, 5.41) is 36.4. The van der Waals surface area contributed by atoms with Crippen LogP contribution in [0.3, 0.4) is 0 Å². The SMILES string of the molecule is CC[C@@]1(CO)O[C@H](O)[C@H](O)[C@H]1O. The van der Waals surface area contributed by atoms with Gasteiger partial charge in [-0.05, 0) is 6.42 Å². The van der Waals surface area contributed by atoms with E-state index in [0.29, 0.717) is 6.42 Å². The van der Waals surface area contributed by atoms with Crippen molar-refractivity contribution in [2.24, 2.45) is 0 Å². The highest BCUT2D eigenvalue weighted by molar-refractivity contribution is 4.98. The van der Waals surface area contributed by atoms with Crippen LogP contribution in [0.2, 0.25) is 0 Å². The van der Waals surface area contributed by atoms with Crippen molar-refractivity contribution in [2.75, 3.05) is 6.61 Å². The zero-order chi connectivity index (χ0) is 9.35. The van der Waals surface area contributed by atoms with Gasteiger partial charge < -0.3 is 25.2 Å². The maximum atomic E-state index is 9.38. The van der Waals surface area contributed by atoms with Crippen LogP contribution in [0.4, 0.5) is 0 Å². The van der Waals surface area contributed by atoms with Crippen LogP contribution in [0.15, 0.2) is 0 Å². The number of aliphatic hydroxyl groups is 4. The molecule has 1 fully saturated rings. The molecular formula is C7H14O5. The fraction of sp³-hybridized carbons (Fsp3) is 1.00. The van der Waals surface area contributed by atoms with E-state index in [9.17, 15) is 5.11 Å². The first-order valence-corrected chi connectivity index (χ1v) is 3.90. The lowest BCUT2D eigenvalue weighted by Crippen LogP contribution is -2.45. The minimum absolute atomic E-state index is 0.332. The average molecular weight is 178 g/mol. The molecule has 0 unspecified atom stereocenters. The van der Waals surface area contributed by atoms with Crippen LogP contribution in [0.5, 0.6) is 0 Å². The molecule has 1 heterocycles. The van der Waals surface area contributed by atoms with E-state index >= 15 is 0 Å². The molecule has 0 saturated carbocycles. The molecule has 4 atom stereocenters. The number of rotatable bonds is 2. The van der Waals surface area contributed by atoms with E-state index in [0.717, 1.165) is 0 Å². The van der Waals surface area contributed by atoms with Crippen LogP contribution in [0.1, 0.15) is 13.3 Å². The number of ether oxygens (including phenoxy) is 1. The monoisotopic (exact) mass is 178 g/mol. The second kappa shape index (κ2) is 3.27. The minimum Gasteiger partial charge on any atom is -0.393 e. The standard InChI is InChI=1S/C7H14O5/c1-2-7(3-8)5(10)4(9)6(11)12-7/h4-6,8-11H,2-3H2,1H3/t4-,5-,6+,7+/m1/s1. The predicted molar refractivity (Wildman–Crippen MR) is 39.2 cm³/mol. The average Bonchev–Trinajstić information content (AvgIpc) is 2.30. The summed E-state index contributed by atoms with van der Waals surface area (Å²) in [7, 11) is 0. The largest absolute Gasteiger partial charge is 0.393 e. The smallest absolute Gasteiger partial charge is 0.184 e. The van der Waals surface area contributed by atoms with Gasteiger partial charge in [0.05, 0.1) is 6.61 Å². The lowest BCUT2D eigenvalue weighted by Gasteiger charge is -2.27. The van der Waals surface area contributed by atoms with Crippen molar-refractivity contribution in [3.8, 4) is 0 Å². The molecule has 0 radical (unpaired) electrons. The zero-order valence-electron chi connectivity index (χ0n) is 6.84. The summed E-state index contributed by atoms with van der Waals surface area (Å²) in [4.78, 5) is 0. The topological polar surface area (TPSA) is 90.2 Å². The van der Waals surface area contributed by atoms with E-state index < -0.39 is 30.7 Å². The molecular weight excluding hydrogens is 164 g/mol. The van der Waals surface area contributed by atoms with E-state index in [1.54, 1.807) is 6.92 Å². The summed E-state index contributed by atoms with van der Waals surface area (Å²) in [6.07, 6.45) is -3.65. The fourth-order valence-corrected chi connectivity index (χ4v) is 1.38. The summed E-state index contributed by atoms with van der Waals surface area (Å²) in [5.74, 6) is 0. The van der Waals surface area contributed by atoms with Crippen molar-refractivity contribution in [3.63, 3.8) is 0 Å². The molecule has 0 bridgehead atoms. The first-order chi connectivity index (χ1) is 5.57. The van der Waals surface area contributed by atoms with Gasteiger partial charge in [0.25, 0.3) is 0 Å². The summed E-state index contributed by atoms with van der Waals surface area (Å²) < 4.78 is 4.88. The number of aliphatic hydroxyl groups excluding tert-OH is 4. The minimum atomic E-state index is -1.41. The fourth-order valence-electron chi connectivity index (χ4n) is 1.38. The molecule has 12 heavy (non-hydrogen) atoms. The Morgan fingerprint density at radius 2 is 1.92 bits per heavy atom. The first-order valence-electron chi connectivity index (χ1n) is 3.90. The van der Waals surface area contributed by atoms with Gasteiger partial charge in [-0.3, -0.25) is 0 Å². The highest BCUT2D eigenvalue weighted by Crippen LogP contribution is 2.32. The number of hydrogen-bond acceptors (Lipinski definition) is 5. The van der Waals surface area contributed by atoms with Crippen LogP contribution < -0.4 is 0 Å². The molecule has 0 aliphatic carbocycles. The predicted octanol–water partition coefficient (Wildman–Crippen LogP) is -1.80.